The number of benzene rings is 1. The lowest BCUT2D eigenvalue weighted by Gasteiger charge is -2.02. The van der Waals surface area contributed by atoms with Gasteiger partial charge in [-0.25, -0.2) is 18.2 Å². The van der Waals surface area contributed by atoms with E-state index in [9.17, 15) is 13.2 Å². The maximum Gasteiger partial charge on any atom is 0.194 e. The fourth-order valence-corrected chi connectivity index (χ4v) is 2.85. The Bertz CT molecular complexity index is 600. The lowest BCUT2D eigenvalue weighted by molar-refractivity contribution is 0.447. The number of halogens is 3. The quantitative estimate of drug-likeness (QED) is 0.870. The summed E-state index contributed by atoms with van der Waals surface area (Å²) in [6.07, 6.45) is 0.745. The molecule has 2 rings (SSSR count). The first-order valence-corrected chi connectivity index (χ1v) is 7.07. The molecule has 1 heterocycles. The zero-order valence-corrected chi connectivity index (χ0v) is 12.0. The predicted octanol–water partition coefficient (Wildman–Crippen LogP) is 3.88. The van der Waals surface area contributed by atoms with Gasteiger partial charge in [0.1, 0.15) is 5.01 Å². The molecule has 0 spiro atoms. The predicted molar refractivity (Wildman–Crippen MR) is 73.9 cm³/mol. The van der Waals surface area contributed by atoms with Crippen LogP contribution < -0.4 is 5.73 Å². The summed E-state index contributed by atoms with van der Waals surface area (Å²) in [4.78, 5) is 5.27. The molecule has 0 saturated carbocycles. The highest BCUT2D eigenvalue weighted by atomic mass is 32.1. The second-order valence-corrected chi connectivity index (χ2v) is 6.03. The normalized spacial score (nSPS) is 11.3. The second kappa shape index (κ2) is 5.93. The number of thiazole rings is 1. The van der Waals surface area contributed by atoms with Crippen molar-refractivity contribution >= 4 is 11.3 Å². The molecular formula is C14H15F3N2S. The number of hydrogen-bond acceptors (Lipinski definition) is 3. The van der Waals surface area contributed by atoms with Gasteiger partial charge in [0.15, 0.2) is 17.5 Å². The van der Waals surface area contributed by atoms with Gasteiger partial charge < -0.3 is 5.73 Å². The molecule has 0 fully saturated rings. The van der Waals surface area contributed by atoms with E-state index in [1.807, 2.05) is 0 Å². The highest BCUT2D eigenvalue weighted by molar-refractivity contribution is 7.15. The highest BCUT2D eigenvalue weighted by Crippen LogP contribution is 2.31. The van der Waals surface area contributed by atoms with E-state index in [0.717, 1.165) is 29.1 Å². The molecular weight excluding hydrogens is 285 g/mol. The molecule has 20 heavy (non-hydrogen) atoms. The second-order valence-electron chi connectivity index (χ2n) is 4.94. The Kier molecular flexibility index (Phi) is 4.45. The first-order valence-electron chi connectivity index (χ1n) is 6.26. The SMILES string of the molecule is CC(C)Cc1nc(-c2cc(F)c(F)c(F)c2)sc1CN. The first kappa shape index (κ1) is 15.0. The molecule has 2 aromatic rings. The smallest absolute Gasteiger partial charge is 0.194 e. The van der Waals surface area contributed by atoms with Crippen LogP contribution in [0.1, 0.15) is 24.4 Å². The van der Waals surface area contributed by atoms with Gasteiger partial charge in [0, 0.05) is 17.0 Å². The van der Waals surface area contributed by atoms with Crippen molar-refractivity contribution in [3.8, 4) is 10.6 Å². The minimum absolute atomic E-state index is 0.233. The molecule has 0 saturated heterocycles. The van der Waals surface area contributed by atoms with Crippen LogP contribution in [0.3, 0.4) is 0 Å². The number of rotatable bonds is 4. The van der Waals surface area contributed by atoms with Gasteiger partial charge in [0.2, 0.25) is 0 Å². The molecule has 2 nitrogen and oxygen atoms in total. The lowest BCUT2D eigenvalue weighted by Crippen LogP contribution is -2.02. The molecule has 0 radical (unpaired) electrons. The zero-order chi connectivity index (χ0) is 14.9. The van der Waals surface area contributed by atoms with E-state index in [4.69, 9.17) is 5.73 Å². The maximum atomic E-state index is 13.3. The minimum atomic E-state index is -1.47. The topological polar surface area (TPSA) is 38.9 Å². The maximum absolute atomic E-state index is 13.3. The average Bonchev–Trinajstić information content (AvgIpc) is 2.77. The van der Waals surface area contributed by atoms with Gasteiger partial charge in [-0.1, -0.05) is 13.8 Å². The first-order chi connectivity index (χ1) is 9.42. The van der Waals surface area contributed by atoms with Gasteiger partial charge in [-0.2, -0.15) is 0 Å². The van der Waals surface area contributed by atoms with Crippen molar-refractivity contribution in [2.24, 2.45) is 11.7 Å². The summed E-state index contributed by atoms with van der Waals surface area (Å²) < 4.78 is 39.5. The minimum Gasteiger partial charge on any atom is -0.326 e. The molecule has 2 N–H and O–H groups in total. The molecule has 0 aliphatic heterocycles. The Labute approximate surface area is 119 Å². The Morgan fingerprint density at radius 1 is 1.20 bits per heavy atom. The van der Waals surface area contributed by atoms with Gasteiger partial charge in [0.25, 0.3) is 0 Å². The average molecular weight is 300 g/mol. The van der Waals surface area contributed by atoms with E-state index < -0.39 is 17.5 Å². The van der Waals surface area contributed by atoms with Crippen LogP contribution in [0.5, 0.6) is 0 Å². The summed E-state index contributed by atoms with van der Waals surface area (Å²) >= 11 is 1.29. The number of aromatic nitrogens is 1. The van der Waals surface area contributed by atoms with Crippen LogP contribution in [-0.4, -0.2) is 4.98 Å². The monoisotopic (exact) mass is 300 g/mol. The Balaban J connectivity index is 2.45. The van der Waals surface area contributed by atoms with Crippen LogP contribution in [0.15, 0.2) is 12.1 Å². The molecule has 1 aromatic carbocycles. The highest BCUT2D eigenvalue weighted by Gasteiger charge is 2.16. The molecule has 0 unspecified atom stereocenters. The third kappa shape index (κ3) is 3.02. The van der Waals surface area contributed by atoms with Gasteiger partial charge >= 0.3 is 0 Å². The van der Waals surface area contributed by atoms with Crippen LogP contribution in [-0.2, 0) is 13.0 Å². The fourth-order valence-electron chi connectivity index (χ4n) is 1.89. The van der Waals surface area contributed by atoms with Crippen molar-refractivity contribution in [3.05, 3.63) is 40.2 Å². The standard InChI is InChI=1S/C14H15F3N2S/c1-7(2)3-11-12(6-18)20-14(19-11)8-4-9(15)13(17)10(16)5-8/h4-5,7H,3,6,18H2,1-2H3. The molecule has 108 valence electrons. The molecule has 0 amide bonds. The van der Waals surface area contributed by atoms with E-state index in [1.165, 1.54) is 11.3 Å². The van der Waals surface area contributed by atoms with E-state index in [2.05, 4.69) is 18.8 Å². The Morgan fingerprint density at radius 2 is 1.80 bits per heavy atom. The van der Waals surface area contributed by atoms with E-state index >= 15 is 0 Å². The molecule has 0 atom stereocenters. The van der Waals surface area contributed by atoms with Gasteiger partial charge in [-0.15, -0.1) is 11.3 Å². The summed E-state index contributed by atoms with van der Waals surface area (Å²) in [6.45, 7) is 4.43. The number of hydrogen-bond donors (Lipinski definition) is 1. The van der Waals surface area contributed by atoms with Crippen LogP contribution >= 0.6 is 11.3 Å². The van der Waals surface area contributed by atoms with Gasteiger partial charge in [0.05, 0.1) is 5.69 Å². The van der Waals surface area contributed by atoms with Crippen molar-refractivity contribution in [1.29, 1.82) is 0 Å². The summed E-state index contributed by atoms with van der Waals surface area (Å²) in [5.74, 6) is -3.49. The van der Waals surface area contributed by atoms with Crippen LogP contribution in [0.4, 0.5) is 13.2 Å². The van der Waals surface area contributed by atoms with Crippen molar-refractivity contribution in [2.75, 3.05) is 0 Å². The molecule has 0 bridgehead atoms. The van der Waals surface area contributed by atoms with Crippen molar-refractivity contribution < 1.29 is 13.2 Å². The van der Waals surface area contributed by atoms with Crippen molar-refractivity contribution in [1.82, 2.24) is 4.98 Å². The third-order valence-electron chi connectivity index (χ3n) is 2.80. The molecule has 6 heteroatoms. The summed E-state index contributed by atoms with van der Waals surface area (Å²) in [7, 11) is 0. The largest absolute Gasteiger partial charge is 0.326 e. The van der Waals surface area contributed by atoms with Gasteiger partial charge in [-0.3, -0.25) is 0 Å². The Morgan fingerprint density at radius 3 is 2.30 bits per heavy atom. The zero-order valence-electron chi connectivity index (χ0n) is 11.2. The number of nitrogens with zero attached hydrogens (tertiary/aromatic N) is 1. The lowest BCUT2D eigenvalue weighted by atomic mass is 10.1. The van der Waals surface area contributed by atoms with E-state index in [-0.39, 0.29) is 5.56 Å². The molecule has 1 aromatic heterocycles. The van der Waals surface area contributed by atoms with Crippen LogP contribution in [0.2, 0.25) is 0 Å². The Hall–Kier alpha value is -1.40. The van der Waals surface area contributed by atoms with Crippen LogP contribution in [0.25, 0.3) is 10.6 Å². The van der Waals surface area contributed by atoms with Crippen molar-refractivity contribution in [2.45, 2.75) is 26.8 Å². The van der Waals surface area contributed by atoms with Crippen molar-refractivity contribution in [3.63, 3.8) is 0 Å². The summed E-state index contributed by atoms with van der Waals surface area (Å²) in [5, 5.41) is 0.457. The molecule has 0 aliphatic rings. The number of nitrogens with two attached hydrogens (primary N) is 1. The summed E-state index contributed by atoms with van der Waals surface area (Å²) in [5.41, 5.74) is 6.74. The molecule has 0 aliphatic carbocycles. The third-order valence-corrected chi connectivity index (χ3v) is 3.97. The van der Waals surface area contributed by atoms with Crippen LogP contribution in [0, 0.1) is 23.4 Å². The van der Waals surface area contributed by atoms with E-state index in [0.29, 0.717) is 17.5 Å². The van der Waals surface area contributed by atoms with E-state index in [1.54, 1.807) is 0 Å². The van der Waals surface area contributed by atoms with Gasteiger partial charge in [-0.05, 0) is 24.5 Å². The summed E-state index contributed by atoms with van der Waals surface area (Å²) in [6, 6.07) is 1.91. The fraction of sp³-hybridized carbons (Fsp3) is 0.357.